The summed E-state index contributed by atoms with van der Waals surface area (Å²) in [6.45, 7) is 3.92. The van der Waals surface area contributed by atoms with Gasteiger partial charge >= 0.3 is 0 Å². The Labute approximate surface area is 178 Å². The number of hydrogen-bond donors (Lipinski definition) is 1. The van der Waals surface area contributed by atoms with Gasteiger partial charge in [0.2, 0.25) is 5.95 Å². The van der Waals surface area contributed by atoms with Crippen LogP contribution in [0.2, 0.25) is 0 Å². The van der Waals surface area contributed by atoms with Crippen LogP contribution in [-0.4, -0.2) is 43.6 Å². The zero-order valence-electron chi connectivity index (χ0n) is 17.3. The van der Waals surface area contributed by atoms with Crippen molar-refractivity contribution < 1.29 is 4.52 Å². The van der Waals surface area contributed by atoms with Gasteiger partial charge < -0.3 is 15.2 Å². The van der Waals surface area contributed by atoms with E-state index in [2.05, 4.69) is 27.0 Å². The molecule has 4 heterocycles. The van der Waals surface area contributed by atoms with Crippen molar-refractivity contribution in [1.29, 1.82) is 0 Å². The molecule has 1 fully saturated rings. The van der Waals surface area contributed by atoms with Crippen LogP contribution >= 0.6 is 0 Å². The number of imidazole rings is 1. The lowest BCUT2D eigenvalue weighted by molar-refractivity contribution is 0.439. The number of hydrogen-bond acceptors (Lipinski definition) is 7. The van der Waals surface area contributed by atoms with E-state index in [-0.39, 0.29) is 18.1 Å². The zero-order valence-corrected chi connectivity index (χ0v) is 17.3. The second-order valence-electron chi connectivity index (χ2n) is 7.74. The van der Waals surface area contributed by atoms with Crippen LogP contribution in [0.5, 0.6) is 0 Å². The van der Waals surface area contributed by atoms with Crippen molar-refractivity contribution in [1.82, 2.24) is 24.5 Å². The molecule has 9 nitrogen and oxygen atoms in total. The first-order chi connectivity index (χ1) is 15.2. The summed E-state index contributed by atoms with van der Waals surface area (Å²) >= 11 is 0. The van der Waals surface area contributed by atoms with E-state index in [4.69, 9.17) is 15.2 Å². The monoisotopic (exact) mass is 417 g/mol. The van der Waals surface area contributed by atoms with Gasteiger partial charge in [-0.15, -0.1) is 5.92 Å². The molecule has 1 saturated heterocycles. The van der Waals surface area contributed by atoms with E-state index in [1.807, 2.05) is 28.8 Å². The number of nitrogens with two attached hydrogens (primary N) is 1. The second kappa shape index (κ2) is 7.89. The van der Waals surface area contributed by atoms with E-state index in [1.165, 1.54) is 4.68 Å². The molecule has 158 valence electrons. The molecule has 1 unspecified atom stereocenters. The molecule has 1 atom stereocenters. The van der Waals surface area contributed by atoms with Crippen LogP contribution in [0.4, 0.5) is 5.95 Å². The third-order valence-corrected chi connectivity index (χ3v) is 5.64. The molecule has 0 spiro atoms. The maximum atomic E-state index is 13.4. The fraction of sp³-hybridized carbons (Fsp3) is 0.364. The Morgan fingerprint density at radius 2 is 2.19 bits per heavy atom. The van der Waals surface area contributed by atoms with Gasteiger partial charge in [-0.05, 0) is 31.9 Å². The molecule has 9 heteroatoms. The number of benzene rings is 1. The van der Waals surface area contributed by atoms with Crippen LogP contribution in [-0.2, 0) is 13.1 Å². The molecule has 2 N–H and O–H groups in total. The molecule has 0 saturated carbocycles. The van der Waals surface area contributed by atoms with Crippen molar-refractivity contribution in [3.63, 3.8) is 0 Å². The maximum absolute atomic E-state index is 13.4. The van der Waals surface area contributed by atoms with E-state index in [0.29, 0.717) is 35.4 Å². The molecule has 0 aliphatic carbocycles. The molecule has 1 aromatic carbocycles. The van der Waals surface area contributed by atoms with Crippen molar-refractivity contribution in [2.45, 2.75) is 38.9 Å². The van der Waals surface area contributed by atoms with Gasteiger partial charge in [0.05, 0.1) is 19.3 Å². The lowest BCUT2D eigenvalue weighted by atomic mass is 10.1. The molecule has 31 heavy (non-hydrogen) atoms. The predicted molar refractivity (Wildman–Crippen MR) is 118 cm³/mol. The van der Waals surface area contributed by atoms with Gasteiger partial charge in [-0.2, -0.15) is 5.10 Å². The second-order valence-corrected chi connectivity index (χ2v) is 7.74. The van der Waals surface area contributed by atoms with Crippen molar-refractivity contribution in [3.8, 4) is 11.8 Å². The highest BCUT2D eigenvalue weighted by Gasteiger charge is 2.24. The van der Waals surface area contributed by atoms with Gasteiger partial charge in [-0.25, -0.2) is 9.67 Å². The lowest BCUT2D eigenvalue weighted by Gasteiger charge is -2.31. The minimum absolute atomic E-state index is 0.0921. The number of anilines is 1. The van der Waals surface area contributed by atoms with Crippen molar-refractivity contribution in [3.05, 3.63) is 46.5 Å². The van der Waals surface area contributed by atoms with Crippen LogP contribution < -0.4 is 16.2 Å². The number of rotatable bonds is 4. The minimum Gasteiger partial charge on any atom is -0.356 e. The summed E-state index contributed by atoms with van der Waals surface area (Å²) in [6.07, 6.45) is 3.61. The standard InChI is InChI=1S/C22H23N7O2/c1-2-3-11-28-20-17(25-22(28)27-10-6-7-15(23)13-27)12-24-29(21(20)30)14-18-16-8-4-5-9-19(16)31-26-18/h4-5,8-9,12,15H,6-7,10-11,13-14,23H2,1H3. The molecule has 0 bridgehead atoms. The summed E-state index contributed by atoms with van der Waals surface area (Å²) in [4.78, 5) is 20.3. The molecule has 1 aliphatic rings. The topological polar surface area (TPSA) is 108 Å². The molecule has 1 aliphatic heterocycles. The molecule has 3 aromatic heterocycles. The van der Waals surface area contributed by atoms with Crippen molar-refractivity contribution in [2.24, 2.45) is 5.73 Å². The largest absolute Gasteiger partial charge is 0.356 e. The van der Waals surface area contributed by atoms with Gasteiger partial charge in [0.1, 0.15) is 16.7 Å². The minimum atomic E-state index is -0.234. The van der Waals surface area contributed by atoms with Gasteiger partial charge in [0.15, 0.2) is 5.58 Å². The Morgan fingerprint density at radius 3 is 3.03 bits per heavy atom. The smallest absolute Gasteiger partial charge is 0.293 e. The van der Waals surface area contributed by atoms with Crippen molar-refractivity contribution in [2.75, 3.05) is 18.0 Å². The Morgan fingerprint density at radius 1 is 1.32 bits per heavy atom. The molecule has 0 amide bonds. The Kier molecular flexibility index (Phi) is 4.92. The first kappa shape index (κ1) is 19.3. The third-order valence-electron chi connectivity index (χ3n) is 5.64. The fourth-order valence-electron chi connectivity index (χ4n) is 4.12. The quantitative estimate of drug-likeness (QED) is 0.504. The number of piperidine rings is 1. The molecule has 4 aromatic rings. The van der Waals surface area contributed by atoms with Gasteiger partial charge in [-0.1, -0.05) is 23.2 Å². The van der Waals surface area contributed by atoms with Crippen LogP contribution in [0.1, 0.15) is 25.5 Å². The number of aromatic nitrogens is 5. The average Bonchev–Trinajstić information content (AvgIpc) is 3.36. The Balaban J connectivity index is 1.61. The number of para-hydroxylation sites is 1. The van der Waals surface area contributed by atoms with Gasteiger partial charge in [0.25, 0.3) is 5.56 Å². The van der Waals surface area contributed by atoms with E-state index < -0.39 is 0 Å². The van der Waals surface area contributed by atoms with E-state index in [1.54, 1.807) is 13.1 Å². The SMILES string of the molecule is CC#CCn1c(N2CCCC(N)C2)nc2cnn(Cc3noc4ccccc34)c(=O)c21. The summed E-state index contributed by atoms with van der Waals surface area (Å²) in [5, 5.41) is 9.34. The third kappa shape index (κ3) is 3.45. The summed E-state index contributed by atoms with van der Waals surface area (Å²) < 4.78 is 8.65. The normalized spacial score (nSPS) is 16.6. The summed E-state index contributed by atoms with van der Waals surface area (Å²) in [7, 11) is 0. The van der Waals surface area contributed by atoms with Crippen molar-refractivity contribution >= 4 is 28.0 Å². The molecule has 0 radical (unpaired) electrons. The van der Waals surface area contributed by atoms with Crippen LogP contribution in [0, 0.1) is 11.8 Å². The van der Waals surface area contributed by atoms with Crippen LogP contribution in [0.25, 0.3) is 22.0 Å². The summed E-state index contributed by atoms with van der Waals surface area (Å²) in [5.74, 6) is 6.70. The fourth-order valence-corrected chi connectivity index (χ4v) is 4.12. The number of nitrogens with zero attached hydrogens (tertiary/aromatic N) is 6. The Hall–Kier alpha value is -3.64. The molecular formula is C22H23N7O2. The zero-order chi connectivity index (χ0) is 21.4. The van der Waals surface area contributed by atoms with E-state index >= 15 is 0 Å². The van der Waals surface area contributed by atoms with Gasteiger partial charge in [0, 0.05) is 24.5 Å². The highest BCUT2D eigenvalue weighted by molar-refractivity contribution is 5.79. The van der Waals surface area contributed by atoms with Gasteiger partial charge in [-0.3, -0.25) is 9.36 Å². The van der Waals surface area contributed by atoms with E-state index in [0.717, 1.165) is 30.7 Å². The lowest BCUT2D eigenvalue weighted by Crippen LogP contribution is -2.44. The first-order valence-electron chi connectivity index (χ1n) is 10.4. The Bertz CT molecular complexity index is 1370. The highest BCUT2D eigenvalue weighted by atomic mass is 16.5. The molecular weight excluding hydrogens is 394 g/mol. The highest BCUT2D eigenvalue weighted by Crippen LogP contribution is 2.23. The molecule has 5 rings (SSSR count). The number of fused-ring (bicyclic) bond motifs is 2. The average molecular weight is 417 g/mol. The predicted octanol–water partition coefficient (Wildman–Crippen LogP) is 1.73. The first-order valence-corrected chi connectivity index (χ1v) is 10.4. The van der Waals surface area contributed by atoms with Crippen LogP contribution in [0.15, 0.2) is 39.8 Å². The van der Waals surface area contributed by atoms with Crippen LogP contribution in [0.3, 0.4) is 0 Å². The summed E-state index contributed by atoms with van der Waals surface area (Å²) in [6, 6.07) is 7.66. The maximum Gasteiger partial charge on any atom is 0.293 e. The van der Waals surface area contributed by atoms with E-state index in [9.17, 15) is 4.79 Å². The summed E-state index contributed by atoms with van der Waals surface area (Å²) in [5.41, 5.74) is 8.33.